The first-order valence-corrected chi connectivity index (χ1v) is 12.6. The van der Waals surface area contributed by atoms with E-state index in [9.17, 15) is 9.90 Å². The molecular weight excluding hydrogens is 364 g/mol. The van der Waals surface area contributed by atoms with Crippen molar-refractivity contribution in [3.63, 3.8) is 0 Å². The van der Waals surface area contributed by atoms with E-state index in [0.29, 0.717) is 26.1 Å². The molecule has 0 bridgehead atoms. The molecule has 172 valence electrons. The number of aliphatic hydroxyl groups excluding tert-OH is 1. The van der Waals surface area contributed by atoms with Crippen LogP contribution in [-0.4, -0.2) is 37.5 Å². The number of carbonyl (C=O) groups excluding carboxylic acids is 1. The molecule has 0 aromatic rings. The second-order valence-corrected chi connectivity index (χ2v) is 9.17. The van der Waals surface area contributed by atoms with E-state index < -0.39 is 0 Å². The fourth-order valence-corrected chi connectivity index (χ4v) is 4.25. The summed E-state index contributed by atoms with van der Waals surface area (Å²) in [6.45, 7) is 4.03. The van der Waals surface area contributed by atoms with Crippen LogP contribution in [0, 0.1) is 5.41 Å². The van der Waals surface area contributed by atoms with Crippen LogP contribution in [0.3, 0.4) is 0 Å². The summed E-state index contributed by atoms with van der Waals surface area (Å²) in [4.78, 5) is 11.4. The Bertz CT molecular complexity index is 385. The van der Waals surface area contributed by atoms with Crippen molar-refractivity contribution in [3.05, 3.63) is 0 Å². The second kappa shape index (κ2) is 18.2. The molecule has 0 amide bonds. The minimum Gasteiger partial charge on any atom is -0.465 e. The molecule has 0 aromatic heterocycles. The Kier molecular flexibility index (Phi) is 16.6. The van der Waals surface area contributed by atoms with E-state index >= 15 is 0 Å². The predicted octanol–water partition coefficient (Wildman–Crippen LogP) is 6.58. The lowest BCUT2D eigenvalue weighted by Crippen LogP contribution is -2.29. The Morgan fingerprint density at radius 1 is 0.828 bits per heavy atom. The van der Waals surface area contributed by atoms with Crippen LogP contribution < -0.4 is 0 Å². The molecule has 1 fully saturated rings. The Hall–Kier alpha value is -0.610. The maximum atomic E-state index is 11.4. The molecule has 1 heterocycles. The van der Waals surface area contributed by atoms with Gasteiger partial charge in [-0.1, -0.05) is 103 Å². The van der Waals surface area contributed by atoms with E-state index in [1.165, 1.54) is 96.3 Å². The smallest absolute Gasteiger partial charge is 0.306 e. The van der Waals surface area contributed by atoms with Gasteiger partial charge in [-0.25, -0.2) is 0 Å². The molecule has 1 aliphatic heterocycles. The number of esters is 1. The minimum absolute atomic E-state index is 0.0824. The molecule has 29 heavy (non-hydrogen) atoms. The van der Waals surface area contributed by atoms with E-state index in [1.807, 2.05) is 0 Å². The van der Waals surface area contributed by atoms with Gasteiger partial charge in [-0.3, -0.25) is 4.79 Å². The third kappa shape index (κ3) is 14.1. The quantitative estimate of drug-likeness (QED) is 0.171. The summed E-state index contributed by atoms with van der Waals surface area (Å²) in [7, 11) is 0. The van der Waals surface area contributed by atoms with E-state index in [2.05, 4.69) is 6.92 Å². The molecule has 1 rings (SSSR count). The zero-order valence-corrected chi connectivity index (χ0v) is 19.2. The Morgan fingerprint density at radius 3 is 1.72 bits per heavy atom. The fraction of sp³-hybridized carbons (Fsp3) is 0.960. The second-order valence-electron chi connectivity index (χ2n) is 9.17. The summed E-state index contributed by atoms with van der Waals surface area (Å²) in [5.41, 5.74) is -0.291. The molecular formula is C25H48O4. The van der Waals surface area contributed by atoms with Gasteiger partial charge in [-0.2, -0.15) is 0 Å². The highest BCUT2D eigenvalue weighted by Gasteiger charge is 2.40. The molecule has 0 aliphatic carbocycles. The highest BCUT2D eigenvalue weighted by Crippen LogP contribution is 2.33. The lowest BCUT2D eigenvalue weighted by atomic mass is 9.85. The Morgan fingerprint density at radius 2 is 1.31 bits per heavy atom. The average Bonchev–Trinajstić information content (AvgIpc) is 3.08. The third-order valence-corrected chi connectivity index (χ3v) is 6.25. The van der Waals surface area contributed by atoms with Crippen molar-refractivity contribution in [2.45, 2.75) is 122 Å². The summed E-state index contributed by atoms with van der Waals surface area (Å²) in [5.74, 6) is -0.163. The number of hydrogen-bond acceptors (Lipinski definition) is 4. The van der Waals surface area contributed by atoms with E-state index in [1.54, 1.807) is 0 Å². The first kappa shape index (κ1) is 26.4. The SMILES string of the molecule is CCCCCCCCCCCCCCCCCCOCC1(CCO)COC(=O)C1. The molecule has 1 N–H and O–H groups in total. The summed E-state index contributed by atoms with van der Waals surface area (Å²) >= 11 is 0. The van der Waals surface area contributed by atoms with Crippen LogP contribution in [0.5, 0.6) is 0 Å². The largest absolute Gasteiger partial charge is 0.465 e. The molecule has 1 aliphatic rings. The van der Waals surface area contributed by atoms with Crippen molar-refractivity contribution in [1.82, 2.24) is 0 Å². The van der Waals surface area contributed by atoms with Crippen molar-refractivity contribution in [2.24, 2.45) is 5.41 Å². The van der Waals surface area contributed by atoms with E-state index in [-0.39, 0.29) is 18.0 Å². The molecule has 1 saturated heterocycles. The van der Waals surface area contributed by atoms with Crippen molar-refractivity contribution < 1.29 is 19.4 Å². The predicted molar refractivity (Wildman–Crippen MR) is 120 cm³/mol. The molecule has 0 saturated carbocycles. The number of cyclic esters (lactones) is 1. The van der Waals surface area contributed by atoms with Gasteiger partial charge in [0.1, 0.15) is 0 Å². The van der Waals surface area contributed by atoms with Gasteiger partial charge in [0.05, 0.1) is 19.6 Å². The zero-order valence-electron chi connectivity index (χ0n) is 19.2. The number of ether oxygens (including phenoxy) is 2. The average molecular weight is 413 g/mol. The maximum absolute atomic E-state index is 11.4. The van der Waals surface area contributed by atoms with Crippen LogP contribution in [-0.2, 0) is 14.3 Å². The van der Waals surface area contributed by atoms with Crippen molar-refractivity contribution in [3.8, 4) is 0 Å². The topological polar surface area (TPSA) is 55.8 Å². The molecule has 0 aromatic carbocycles. The maximum Gasteiger partial charge on any atom is 0.306 e. The molecule has 1 atom stereocenters. The summed E-state index contributed by atoms with van der Waals surface area (Å²) in [5, 5.41) is 9.21. The lowest BCUT2D eigenvalue weighted by Gasteiger charge is -2.24. The normalized spacial score (nSPS) is 19.0. The van der Waals surface area contributed by atoms with E-state index in [4.69, 9.17) is 9.47 Å². The van der Waals surface area contributed by atoms with Crippen molar-refractivity contribution in [2.75, 3.05) is 26.4 Å². The third-order valence-electron chi connectivity index (χ3n) is 6.25. The fourth-order valence-electron chi connectivity index (χ4n) is 4.25. The number of rotatable bonds is 21. The van der Waals surface area contributed by atoms with Crippen LogP contribution >= 0.6 is 0 Å². The van der Waals surface area contributed by atoms with Crippen LogP contribution in [0.25, 0.3) is 0 Å². The molecule has 4 nitrogen and oxygen atoms in total. The Labute approximate surface area is 180 Å². The first-order valence-electron chi connectivity index (χ1n) is 12.6. The van der Waals surface area contributed by atoms with Crippen LogP contribution in [0.1, 0.15) is 122 Å². The minimum atomic E-state index is -0.291. The van der Waals surface area contributed by atoms with Crippen LogP contribution in [0.2, 0.25) is 0 Å². The molecule has 1 unspecified atom stereocenters. The van der Waals surface area contributed by atoms with Gasteiger partial charge in [0, 0.05) is 18.6 Å². The highest BCUT2D eigenvalue weighted by molar-refractivity contribution is 5.72. The Balaban J connectivity index is 1.78. The van der Waals surface area contributed by atoms with Gasteiger partial charge in [-0.15, -0.1) is 0 Å². The molecule has 0 spiro atoms. The van der Waals surface area contributed by atoms with Crippen LogP contribution in [0.4, 0.5) is 0 Å². The summed E-state index contributed by atoms with van der Waals surface area (Å²) in [6, 6.07) is 0. The monoisotopic (exact) mass is 412 g/mol. The van der Waals surface area contributed by atoms with Gasteiger partial charge in [0.25, 0.3) is 0 Å². The van der Waals surface area contributed by atoms with Crippen molar-refractivity contribution >= 4 is 5.97 Å². The van der Waals surface area contributed by atoms with E-state index in [0.717, 1.165) is 13.0 Å². The molecule has 4 heteroatoms. The van der Waals surface area contributed by atoms with Gasteiger partial charge < -0.3 is 14.6 Å². The summed E-state index contributed by atoms with van der Waals surface area (Å²) in [6.07, 6.45) is 22.9. The zero-order chi connectivity index (χ0) is 21.0. The highest BCUT2D eigenvalue weighted by atomic mass is 16.5. The molecule has 0 radical (unpaired) electrons. The summed E-state index contributed by atoms with van der Waals surface area (Å²) < 4.78 is 10.9. The number of aliphatic hydroxyl groups is 1. The first-order chi connectivity index (χ1) is 14.2. The van der Waals surface area contributed by atoms with Gasteiger partial charge in [0.2, 0.25) is 0 Å². The van der Waals surface area contributed by atoms with Crippen LogP contribution in [0.15, 0.2) is 0 Å². The van der Waals surface area contributed by atoms with Crippen molar-refractivity contribution in [1.29, 1.82) is 0 Å². The standard InChI is InChI=1S/C25H48O4/c1-2-3-4-5-6-7-8-9-10-11-12-13-14-15-16-17-20-28-22-25(18-19-26)21-24(27)29-23-25/h26H,2-23H2,1H3. The van der Waals surface area contributed by atoms with Gasteiger partial charge >= 0.3 is 5.97 Å². The lowest BCUT2D eigenvalue weighted by molar-refractivity contribution is -0.137. The number of carbonyl (C=O) groups is 1. The van der Waals surface area contributed by atoms with Gasteiger partial charge in [-0.05, 0) is 12.8 Å². The number of hydrogen-bond donors (Lipinski definition) is 1. The number of unbranched alkanes of at least 4 members (excludes halogenated alkanes) is 15. The van der Waals surface area contributed by atoms with Gasteiger partial charge in [0.15, 0.2) is 0 Å².